The molecule has 0 saturated heterocycles. The van der Waals surface area contributed by atoms with Crippen LogP contribution in [0.5, 0.6) is 0 Å². The van der Waals surface area contributed by atoms with Crippen LogP contribution in [0, 0.1) is 0 Å². The Kier molecular flexibility index (Phi) is 2.73. The molecule has 1 aliphatic rings. The predicted octanol–water partition coefficient (Wildman–Crippen LogP) is 3.30. The summed E-state index contributed by atoms with van der Waals surface area (Å²) in [6.45, 7) is 3.97. The summed E-state index contributed by atoms with van der Waals surface area (Å²) in [4.78, 5) is 0.356. The van der Waals surface area contributed by atoms with Gasteiger partial charge in [-0.25, -0.2) is 0 Å². The van der Waals surface area contributed by atoms with Crippen molar-refractivity contribution in [2.24, 2.45) is 0 Å². The maximum absolute atomic E-state index is 3.97. The minimum atomic E-state index is 0.356. The van der Waals surface area contributed by atoms with Crippen molar-refractivity contribution in [2.45, 2.75) is 11.2 Å². The van der Waals surface area contributed by atoms with E-state index in [1.165, 1.54) is 5.56 Å². The van der Waals surface area contributed by atoms with Crippen LogP contribution in [0.3, 0.4) is 0 Å². The normalized spacial score (nSPS) is 21.4. The Balaban J connectivity index is 2.25. The summed E-state index contributed by atoms with van der Waals surface area (Å²) in [6, 6.07) is 10.3. The molecule has 72 valence electrons. The Morgan fingerprint density at radius 2 is 2.00 bits per heavy atom. The minimum absolute atomic E-state index is 0.356. The van der Waals surface area contributed by atoms with Crippen LogP contribution in [0.2, 0.25) is 0 Å². The maximum atomic E-state index is 3.97. The first-order chi connectivity index (χ1) is 6.77. The van der Waals surface area contributed by atoms with Crippen LogP contribution in [0.1, 0.15) is 12.0 Å². The molecule has 1 aliphatic heterocycles. The second-order valence-corrected chi connectivity index (χ2v) is 4.44. The Labute approximate surface area is 92.7 Å². The van der Waals surface area contributed by atoms with Crippen molar-refractivity contribution in [2.75, 3.05) is 0 Å². The Bertz CT molecular complexity index is 367. The molecule has 0 bridgehead atoms. The van der Waals surface area contributed by atoms with Gasteiger partial charge in [0.15, 0.2) is 0 Å². The van der Waals surface area contributed by atoms with E-state index in [0.29, 0.717) is 4.83 Å². The van der Waals surface area contributed by atoms with Gasteiger partial charge >= 0.3 is 0 Å². The first-order valence-electron chi connectivity index (χ1n) is 4.63. The van der Waals surface area contributed by atoms with E-state index in [9.17, 15) is 0 Å². The van der Waals surface area contributed by atoms with E-state index in [2.05, 4.69) is 46.0 Å². The Morgan fingerprint density at radius 3 is 2.64 bits per heavy atom. The monoisotopic (exact) mass is 249 g/mol. The fourth-order valence-corrected chi connectivity index (χ4v) is 1.77. The molecule has 1 heterocycles. The zero-order valence-corrected chi connectivity index (χ0v) is 9.42. The van der Waals surface area contributed by atoms with Crippen molar-refractivity contribution in [1.82, 2.24) is 5.32 Å². The van der Waals surface area contributed by atoms with E-state index in [0.717, 1.165) is 17.8 Å². The molecule has 1 aromatic rings. The minimum Gasteiger partial charge on any atom is -0.358 e. The van der Waals surface area contributed by atoms with Crippen molar-refractivity contribution in [3.8, 4) is 0 Å². The molecule has 0 radical (unpaired) electrons. The molecule has 0 spiro atoms. The summed E-state index contributed by atoms with van der Waals surface area (Å²) in [7, 11) is 0. The molecule has 1 aromatic carbocycles. The van der Waals surface area contributed by atoms with Gasteiger partial charge in [0.25, 0.3) is 0 Å². The number of nitrogens with one attached hydrogen (secondary N) is 1. The molecular formula is C12H12BrN. The zero-order valence-electron chi connectivity index (χ0n) is 7.83. The predicted molar refractivity (Wildman–Crippen MR) is 64.0 cm³/mol. The van der Waals surface area contributed by atoms with Gasteiger partial charge in [0.05, 0.1) is 4.83 Å². The molecule has 0 fully saturated rings. The highest BCUT2D eigenvalue weighted by molar-refractivity contribution is 9.09. The van der Waals surface area contributed by atoms with Crippen LogP contribution in [0.4, 0.5) is 0 Å². The molecule has 2 heteroatoms. The second kappa shape index (κ2) is 4.01. The highest BCUT2D eigenvalue weighted by Gasteiger charge is 2.14. The van der Waals surface area contributed by atoms with Gasteiger partial charge in [0, 0.05) is 11.4 Å². The third-order valence-electron chi connectivity index (χ3n) is 2.29. The number of benzene rings is 1. The van der Waals surface area contributed by atoms with Crippen molar-refractivity contribution in [3.63, 3.8) is 0 Å². The number of halogens is 1. The number of hydrogen-bond acceptors (Lipinski definition) is 1. The summed E-state index contributed by atoms with van der Waals surface area (Å²) >= 11 is 3.55. The van der Waals surface area contributed by atoms with Gasteiger partial charge in [-0.1, -0.05) is 58.9 Å². The Morgan fingerprint density at radius 1 is 1.29 bits per heavy atom. The topological polar surface area (TPSA) is 12.0 Å². The van der Waals surface area contributed by atoms with Crippen molar-refractivity contribution < 1.29 is 0 Å². The van der Waals surface area contributed by atoms with E-state index < -0.39 is 0 Å². The summed E-state index contributed by atoms with van der Waals surface area (Å²) in [5, 5.41) is 3.30. The third kappa shape index (κ3) is 1.90. The van der Waals surface area contributed by atoms with Gasteiger partial charge in [-0.2, -0.15) is 0 Å². The van der Waals surface area contributed by atoms with Crippen LogP contribution in [-0.4, -0.2) is 4.83 Å². The largest absolute Gasteiger partial charge is 0.358 e. The first kappa shape index (κ1) is 9.53. The van der Waals surface area contributed by atoms with E-state index >= 15 is 0 Å². The van der Waals surface area contributed by atoms with E-state index in [1.807, 2.05) is 18.2 Å². The number of alkyl halides is 1. The van der Waals surface area contributed by atoms with Gasteiger partial charge in [-0.15, -0.1) is 0 Å². The van der Waals surface area contributed by atoms with Crippen LogP contribution in [0.25, 0.3) is 5.70 Å². The van der Waals surface area contributed by atoms with E-state index in [-0.39, 0.29) is 0 Å². The average Bonchev–Trinajstić information content (AvgIpc) is 2.23. The van der Waals surface area contributed by atoms with Crippen molar-refractivity contribution in [3.05, 3.63) is 54.2 Å². The molecule has 1 atom stereocenters. The molecule has 1 unspecified atom stereocenters. The summed E-state index contributed by atoms with van der Waals surface area (Å²) in [5.41, 5.74) is 3.41. The molecule has 2 rings (SSSR count). The van der Waals surface area contributed by atoms with Crippen molar-refractivity contribution in [1.29, 1.82) is 0 Å². The van der Waals surface area contributed by atoms with Gasteiger partial charge in [-0.3, -0.25) is 0 Å². The average molecular weight is 250 g/mol. The zero-order chi connectivity index (χ0) is 9.97. The highest BCUT2D eigenvalue weighted by atomic mass is 79.9. The quantitative estimate of drug-likeness (QED) is 0.754. The van der Waals surface area contributed by atoms with Crippen molar-refractivity contribution >= 4 is 21.6 Å². The van der Waals surface area contributed by atoms with Crippen LogP contribution in [0.15, 0.2) is 48.7 Å². The molecule has 0 aliphatic carbocycles. The summed E-state index contributed by atoms with van der Waals surface area (Å²) < 4.78 is 0. The fourth-order valence-electron chi connectivity index (χ4n) is 1.47. The number of hydrogen-bond donors (Lipinski definition) is 1. The second-order valence-electron chi connectivity index (χ2n) is 3.34. The van der Waals surface area contributed by atoms with Gasteiger partial charge in [-0.05, 0) is 12.0 Å². The van der Waals surface area contributed by atoms with Crippen LogP contribution < -0.4 is 5.32 Å². The van der Waals surface area contributed by atoms with E-state index in [4.69, 9.17) is 0 Å². The van der Waals surface area contributed by atoms with E-state index in [1.54, 1.807) is 0 Å². The first-order valence-corrected chi connectivity index (χ1v) is 5.54. The molecule has 0 aromatic heterocycles. The lowest BCUT2D eigenvalue weighted by atomic mass is 10.1. The lowest BCUT2D eigenvalue weighted by Gasteiger charge is -2.22. The van der Waals surface area contributed by atoms with Gasteiger partial charge in [0.2, 0.25) is 0 Å². The highest BCUT2D eigenvalue weighted by Crippen LogP contribution is 2.24. The fraction of sp³-hybridized carbons (Fsp3) is 0.167. The maximum Gasteiger partial charge on any atom is 0.0575 e. The smallest absolute Gasteiger partial charge is 0.0575 e. The molecule has 1 nitrogen and oxygen atoms in total. The standard InChI is InChI=1S/C12H12BrN/c1-9-11(13)7-8-12(14-9)10-5-3-2-4-6-10/h2-6,8,11,14H,1,7H2. The van der Waals surface area contributed by atoms with Crippen LogP contribution in [-0.2, 0) is 0 Å². The molecule has 14 heavy (non-hydrogen) atoms. The molecule has 1 N–H and O–H groups in total. The molecule has 0 saturated carbocycles. The summed E-state index contributed by atoms with van der Waals surface area (Å²) in [6.07, 6.45) is 3.19. The van der Waals surface area contributed by atoms with Gasteiger partial charge < -0.3 is 5.32 Å². The van der Waals surface area contributed by atoms with Gasteiger partial charge in [0.1, 0.15) is 0 Å². The lowest BCUT2D eigenvalue weighted by molar-refractivity contribution is 0.887. The molecule has 0 amide bonds. The number of allylic oxidation sites excluding steroid dienone is 2. The SMILES string of the molecule is C=C1NC(c2ccccc2)=CCC1Br. The lowest BCUT2D eigenvalue weighted by Crippen LogP contribution is -2.22. The molecular weight excluding hydrogens is 238 g/mol. The van der Waals surface area contributed by atoms with Crippen LogP contribution >= 0.6 is 15.9 Å². The number of rotatable bonds is 1. The third-order valence-corrected chi connectivity index (χ3v) is 3.21. The Hall–Kier alpha value is -1.02. The summed E-state index contributed by atoms with van der Waals surface area (Å²) in [5.74, 6) is 0.